The standard InChI is InChI=1S/C30H50O2/c1-19(2)20-10-15-30(18-31)17-16-28(6)21(25(20)30)8-9-23-27(5)13-12-24(32)26(3,4)22(27)11-14-29(23,28)7/h20-25,31-32H,1,8-18H2,2-7H3/t20-,21+,22+,23-,24+,25+,27-,28+,29+,30+/m0/s1. The van der Waals surface area contributed by atoms with Crippen molar-refractivity contribution in [3.8, 4) is 0 Å². The van der Waals surface area contributed by atoms with E-state index in [1.807, 2.05) is 0 Å². The van der Waals surface area contributed by atoms with Crippen molar-refractivity contribution >= 4 is 0 Å². The molecule has 0 spiro atoms. The van der Waals surface area contributed by atoms with Crippen LogP contribution in [0.4, 0.5) is 0 Å². The highest BCUT2D eigenvalue weighted by Crippen LogP contribution is 2.77. The van der Waals surface area contributed by atoms with E-state index >= 15 is 0 Å². The van der Waals surface area contributed by atoms with E-state index in [1.54, 1.807) is 0 Å². The Morgan fingerprint density at radius 3 is 2.19 bits per heavy atom. The fourth-order valence-electron chi connectivity index (χ4n) is 11.5. The predicted octanol–water partition coefficient (Wildman–Crippen LogP) is 7.00. The van der Waals surface area contributed by atoms with E-state index in [2.05, 4.69) is 48.1 Å². The summed E-state index contributed by atoms with van der Waals surface area (Å²) >= 11 is 0. The van der Waals surface area contributed by atoms with Gasteiger partial charge in [-0.15, -0.1) is 0 Å². The summed E-state index contributed by atoms with van der Waals surface area (Å²) in [6, 6.07) is 0. The van der Waals surface area contributed by atoms with Crippen LogP contribution in [0.25, 0.3) is 0 Å². The zero-order chi connectivity index (χ0) is 23.3. The van der Waals surface area contributed by atoms with Crippen LogP contribution in [-0.4, -0.2) is 22.9 Å². The molecule has 10 atom stereocenters. The Balaban J connectivity index is 1.55. The number of aliphatic hydroxyl groups is 2. The molecule has 5 saturated carbocycles. The van der Waals surface area contributed by atoms with Gasteiger partial charge < -0.3 is 10.2 Å². The summed E-state index contributed by atoms with van der Waals surface area (Å²) in [5, 5.41) is 21.5. The second-order valence-corrected chi connectivity index (χ2v) is 14.6. The van der Waals surface area contributed by atoms with Gasteiger partial charge in [0.25, 0.3) is 0 Å². The molecule has 0 radical (unpaired) electrons. The molecule has 2 N–H and O–H groups in total. The van der Waals surface area contributed by atoms with Gasteiger partial charge in [0, 0.05) is 6.61 Å². The Morgan fingerprint density at radius 2 is 1.53 bits per heavy atom. The monoisotopic (exact) mass is 442 g/mol. The number of allylic oxidation sites excluding steroid dienone is 1. The van der Waals surface area contributed by atoms with Crippen molar-refractivity contribution in [1.29, 1.82) is 0 Å². The van der Waals surface area contributed by atoms with Crippen LogP contribution in [-0.2, 0) is 0 Å². The number of aliphatic hydroxyl groups excluding tert-OH is 2. The van der Waals surface area contributed by atoms with Gasteiger partial charge in [-0.05, 0) is 128 Å². The van der Waals surface area contributed by atoms with E-state index in [9.17, 15) is 10.2 Å². The molecule has 0 aromatic carbocycles. The Kier molecular flexibility index (Phi) is 5.19. The number of hydrogen-bond acceptors (Lipinski definition) is 2. The maximum atomic E-state index is 10.9. The molecule has 0 bridgehead atoms. The molecular weight excluding hydrogens is 392 g/mol. The van der Waals surface area contributed by atoms with E-state index in [0.717, 1.165) is 18.3 Å². The third-order valence-electron chi connectivity index (χ3n) is 13.5. The molecule has 2 nitrogen and oxygen atoms in total. The molecule has 0 heterocycles. The molecule has 2 heteroatoms. The van der Waals surface area contributed by atoms with Crippen LogP contribution in [0.2, 0.25) is 0 Å². The lowest BCUT2D eigenvalue weighted by Crippen LogP contribution is -2.66. The normalized spacial score (nSPS) is 56.5. The smallest absolute Gasteiger partial charge is 0.0594 e. The summed E-state index contributed by atoms with van der Waals surface area (Å²) in [6.07, 6.45) is 12.2. The number of rotatable bonds is 2. The second-order valence-electron chi connectivity index (χ2n) is 14.6. The minimum atomic E-state index is -0.147. The van der Waals surface area contributed by atoms with Crippen molar-refractivity contribution in [1.82, 2.24) is 0 Å². The highest BCUT2D eigenvalue weighted by molar-refractivity contribution is 5.21. The molecule has 5 rings (SSSR count). The Morgan fingerprint density at radius 1 is 0.812 bits per heavy atom. The second kappa shape index (κ2) is 7.09. The molecule has 0 aliphatic heterocycles. The van der Waals surface area contributed by atoms with Gasteiger partial charge in [0.05, 0.1) is 6.10 Å². The average molecular weight is 443 g/mol. The lowest BCUT2D eigenvalue weighted by atomic mass is 9.32. The summed E-state index contributed by atoms with van der Waals surface area (Å²) in [6.45, 7) is 19.7. The molecular formula is C30H50O2. The van der Waals surface area contributed by atoms with E-state index in [4.69, 9.17) is 0 Å². The first-order chi connectivity index (χ1) is 14.9. The molecule has 0 saturated heterocycles. The third kappa shape index (κ3) is 2.66. The first-order valence-corrected chi connectivity index (χ1v) is 13.8. The molecule has 0 aromatic rings. The molecule has 5 aliphatic carbocycles. The maximum Gasteiger partial charge on any atom is 0.0594 e. The zero-order valence-electron chi connectivity index (χ0n) is 21.8. The fourth-order valence-corrected chi connectivity index (χ4v) is 11.5. The van der Waals surface area contributed by atoms with E-state index in [-0.39, 0.29) is 16.9 Å². The maximum absolute atomic E-state index is 10.9. The summed E-state index contributed by atoms with van der Waals surface area (Å²) in [4.78, 5) is 0. The topological polar surface area (TPSA) is 40.5 Å². The van der Waals surface area contributed by atoms with Crippen molar-refractivity contribution in [2.45, 2.75) is 112 Å². The van der Waals surface area contributed by atoms with Crippen molar-refractivity contribution in [3.05, 3.63) is 12.2 Å². The van der Waals surface area contributed by atoms with Crippen LogP contribution in [0.15, 0.2) is 12.2 Å². The summed E-state index contributed by atoms with van der Waals surface area (Å²) in [5.41, 5.74) is 2.60. The van der Waals surface area contributed by atoms with Gasteiger partial charge in [-0.2, -0.15) is 0 Å². The molecule has 0 aromatic heterocycles. The highest BCUT2D eigenvalue weighted by atomic mass is 16.3. The number of fused-ring (bicyclic) bond motifs is 7. The molecule has 5 aliphatic rings. The van der Waals surface area contributed by atoms with Gasteiger partial charge in [-0.3, -0.25) is 0 Å². The van der Waals surface area contributed by atoms with Crippen molar-refractivity contribution in [2.24, 2.45) is 56.7 Å². The Bertz CT molecular complexity index is 786. The van der Waals surface area contributed by atoms with Gasteiger partial charge in [-0.1, -0.05) is 46.8 Å². The van der Waals surface area contributed by atoms with Crippen LogP contribution in [0, 0.1) is 56.7 Å². The van der Waals surface area contributed by atoms with Gasteiger partial charge in [0.1, 0.15) is 0 Å². The lowest BCUT2D eigenvalue weighted by Gasteiger charge is -2.73. The Hall–Kier alpha value is -0.340. The summed E-state index contributed by atoms with van der Waals surface area (Å²) < 4.78 is 0. The quantitative estimate of drug-likeness (QED) is 0.452. The molecule has 5 fully saturated rings. The van der Waals surface area contributed by atoms with Gasteiger partial charge in [-0.25, -0.2) is 0 Å². The van der Waals surface area contributed by atoms with Crippen LogP contribution < -0.4 is 0 Å². The first kappa shape index (κ1) is 23.4. The molecule has 182 valence electrons. The summed E-state index contributed by atoms with van der Waals surface area (Å²) in [5.74, 6) is 3.33. The number of hydrogen-bond donors (Lipinski definition) is 2. The zero-order valence-corrected chi connectivity index (χ0v) is 21.8. The van der Waals surface area contributed by atoms with E-state index < -0.39 is 0 Å². The van der Waals surface area contributed by atoms with Gasteiger partial charge in [0.2, 0.25) is 0 Å². The lowest BCUT2D eigenvalue weighted by molar-refractivity contribution is -0.249. The van der Waals surface area contributed by atoms with Crippen LogP contribution in [0.5, 0.6) is 0 Å². The first-order valence-electron chi connectivity index (χ1n) is 13.8. The SMILES string of the molecule is C=C(C)[C@@H]1CC[C@]2(CO)CC[C@]3(C)[C@H](CC[C@H]4[C@@]5(C)CC[C@@H](O)C(C)(C)[C@H]5CC[C@]43C)[C@@H]12. The molecule has 0 amide bonds. The van der Waals surface area contributed by atoms with Crippen molar-refractivity contribution < 1.29 is 10.2 Å². The van der Waals surface area contributed by atoms with E-state index in [0.29, 0.717) is 40.6 Å². The molecule has 32 heavy (non-hydrogen) atoms. The minimum absolute atomic E-state index is 0.0290. The minimum Gasteiger partial charge on any atom is -0.396 e. The van der Waals surface area contributed by atoms with E-state index in [1.165, 1.54) is 63.4 Å². The van der Waals surface area contributed by atoms with Gasteiger partial charge in [0.15, 0.2) is 0 Å². The summed E-state index contributed by atoms with van der Waals surface area (Å²) in [7, 11) is 0. The predicted molar refractivity (Wildman–Crippen MR) is 132 cm³/mol. The fraction of sp³-hybridized carbons (Fsp3) is 0.933. The van der Waals surface area contributed by atoms with Crippen molar-refractivity contribution in [2.75, 3.05) is 6.61 Å². The highest BCUT2D eigenvalue weighted by Gasteiger charge is 2.70. The largest absolute Gasteiger partial charge is 0.396 e. The molecule has 0 unspecified atom stereocenters. The van der Waals surface area contributed by atoms with Crippen LogP contribution in [0.3, 0.4) is 0 Å². The third-order valence-corrected chi connectivity index (χ3v) is 13.5. The van der Waals surface area contributed by atoms with Crippen molar-refractivity contribution in [3.63, 3.8) is 0 Å². The van der Waals surface area contributed by atoms with Crippen LogP contribution in [0.1, 0.15) is 106 Å². The average Bonchev–Trinajstić information content (AvgIpc) is 3.12. The Labute approximate surface area is 197 Å². The van der Waals surface area contributed by atoms with Gasteiger partial charge >= 0.3 is 0 Å². The van der Waals surface area contributed by atoms with Crippen LogP contribution >= 0.6 is 0 Å².